The first kappa shape index (κ1) is 21.1. The zero-order chi connectivity index (χ0) is 22.0. The molecule has 0 aliphatic heterocycles. The lowest BCUT2D eigenvalue weighted by molar-refractivity contribution is 0.786. The van der Waals surface area contributed by atoms with E-state index in [1.54, 1.807) is 6.07 Å². The molecule has 1 unspecified atom stereocenters. The summed E-state index contributed by atoms with van der Waals surface area (Å²) in [5.74, 6) is 1.43. The lowest BCUT2D eigenvalue weighted by Gasteiger charge is -2.21. The number of fused-ring (bicyclic) bond motifs is 1. The highest BCUT2D eigenvalue weighted by Crippen LogP contribution is 2.33. The van der Waals surface area contributed by atoms with Gasteiger partial charge >= 0.3 is 0 Å². The van der Waals surface area contributed by atoms with Gasteiger partial charge in [0.15, 0.2) is 11.0 Å². The van der Waals surface area contributed by atoms with Gasteiger partial charge in [0.2, 0.25) is 0 Å². The zero-order valence-electron chi connectivity index (χ0n) is 18.2. The summed E-state index contributed by atoms with van der Waals surface area (Å²) < 4.78 is 1.98. The second kappa shape index (κ2) is 8.93. The van der Waals surface area contributed by atoms with Crippen LogP contribution in [0.2, 0.25) is 0 Å². The van der Waals surface area contributed by atoms with Gasteiger partial charge in [0.25, 0.3) is 5.56 Å². The van der Waals surface area contributed by atoms with Crippen LogP contribution in [0.25, 0.3) is 22.3 Å². The van der Waals surface area contributed by atoms with Crippen molar-refractivity contribution in [1.82, 2.24) is 24.7 Å². The van der Waals surface area contributed by atoms with E-state index in [0.29, 0.717) is 16.7 Å². The van der Waals surface area contributed by atoms with E-state index >= 15 is 0 Å². The molecule has 0 spiro atoms. The van der Waals surface area contributed by atoms with Crippen LogP contribution < -0.4 is 10.5 Å². The number of nitrogens with zero attached hydrogens (tertiary/aromatic N) is 5. The molecule has 0 saturated heterocycles. The second-order valence-corrected chi connectivity index (χ2v) is 8.62. The van der Waals surface area contributed by atoms with Crippen LogP contribution in [0.3, 0.4) is 0 Å². The van der Waals surface area contributed by atoms with Gasteiger partial charge in [-0.2, -0.15) is 0 Å². The lowest BCUT2D eigenvalue weighted by Crippen LogP contribution is -2.21. The van der Waals surface area contributed by atoms with Crippen LogP contribution in [0.4, 0.5) is 5.69 Å². The van der Waals surface area contributed by atoms with E-state index in [4.69, 9.17) is 0 Å². The number of hydrogen-bond donors (Lipinski definition) is 1. The van der Waals surface area contributed by atoms with E-state index in [1.165, 1.54) is 17.4 Å². The Kier molecular flexibility index (Phi) is 6.08. The fourth-order valence-electron chi connectivity index (χ4n) is 3.59. The summed E-state index contributed by atoms with van der Waals surface area (Å²) in [6, 6.07) is 15.8. The molecule has 7 nitrogen and oxygen atoms in total. The molecular weight excluding hydrogens is 408 g/mol. The predicted molar refractivity (Wildman–Crippen MR) is 127 cm³/mol. The summed E-state index contributed by atoms with van der Waals surface area (Å²) in [5, 5.41) is 10.1. The fraction of sp³-hybridized carbons (Fsp3) is 0.304. The molecule has 0 aliphatic carbocycles. The van der Waals surface area contributed by atoms with Crippen LogP contribution in [0.5, 0.6) is 0 Å². The van der Waals surface area contributed by atoms with Gasteiger partial charge in [-0.25, -0.2) is 4.98 Å². The first-order valence-corrected chi connectivity index (χ1v) is 11.3. The van der Waals surface area contributed by atoms with Gasteiger partial charge in [-0.3, -0.25) is 4.79 Å². The summed E-state index contributed by atoms with van der Waals surface area (Å²) >= 11 is 1.52. The smallest absolute Gasteiger partial charge is 0.258 e. The molecule has 8 heteroatoms. The van der Waals surface area contributed by atoms with Gasteiger partial charge in [0.1, 0.15) is 5.82 Å². The van der Waals surface area contributed by atoms with E-state index in [2.05, 4.69) is 63.2 Å². The van der Waals surface area contributed by atoms with Crippen molar-refractivity contribution in [3.63, 3.8) is 0 Å². The number of para-hydroxylation sites is 1. The average Bonchev–Trinajstić information content (AvgIpc) is 3.15. The van der Waals surface area contributed by atoms with Crippen molar-refractivity contribution in [2.45, 2.75) is 31.2 Å². The molecule has 0 aliphatic rings. The summed E-state index contributed by atoms with van der Waals surface area (Å²) in [7, 11) is 1.96. The van der Waals surface area contributed by atoms with Crippen molar-refractivity contribution in [2.75, 3.05) is 18.0 Å². The number of thioether (sulfide) groups is 1. The SMILES string of the molecule is CCN(CC)c1ccc(-c2nnc(SC(C)c3nc4ccccc4c(=O)[nH]3)n2C)cc1. The molecule has 2 aromatic carbocycles. The molecule has 31 heavy (non-hydrogen) atoms. The largest absolute Gasteiger partial charge is 0.372 e. The van der Waals surface area contributed by atoms with Crippen molar-refractivity contribution >= 4 is 28.4 Å². The third-order valence-corrected chi connectivity index (χ3v) is 6.53. The Morgan fingerprint density at radius 2 is 1.77 bits per heavy atom. The Morgan fingerprint density at radius 1 is 1.06 bits per heavy atom. The topological polar surface area (TPSA) is 79.7 Å². The molecule has 1 atom stereocenters. The Hall–Kier alpha value is -3.13. The number of aromatic nitrogens is 5. The number of nitrogens with one attached hydrogen (secondary N) is 1. The highest BCUT2D eigenvalue weighted by Gasteiger charge is 2.18. The number of H-pyrrole nitrogens is 1. The lowest BCUT2D eigenvalue weighted by atomic mass is 10.2. The maximum atomic E-state index is 12.4. The van der Waals surface area contributed by atoms with Gasteiger partial charge in [0, 0.05) is 31.4 Å². The number of aromatic amines is 1. The Labute approximate surface area is 185 Å². The second-order valence-electron chi connectivity index (χ2n) is 7.31. The molecule has 0 bridgehead atoms. The fourth-order valence-corrected chi connectivity index (χ4v) is 4.46. The third kappa shape index (κ3) is 4.20. The van der Waals surface area contributed by atoms with E-state index in [0.717, 1.165) is 29.6 Å². The monoisotopic (exact) mass is 434 g/mol. The minimum atomic E-state index is -0.125. The normalized spacial score (nSPS) is 12.3. The van der Waals surface area contributed by atoms with Crippen molar-refractivity contribution in [1.29, 1.82) is 0 Å². The third-order valence-electron chi connectivity index (χ3n) is 5.39. The first-order chi connectivity index (χ1) is 15.0. The molecular formula is C23H26N6OS. The minimum Gasteiger partial charge on any atom is -0.372 e. The van der Waals surface area contributed by atoms with E-state index < -0.39 is 0 Å². The maximum Gasteiger partial charge on any atom is 0.258 e. The minimum absolute atomic E-state index is 0.0851. The standard InChI is InChI=1S/C23H26N6OS/c1-5-29(6-2)17-13-11-16(12-14-17)21-26-27-23(28(21)4)31-15(3)20-24-19-10-8-7-9-18(19)22(30)25-20/h7-15H,5-6H2,1-4H3,(H,24,25,30). The molecule has 0 saturated carbocycles. The van der Waals surface area contributed by atoms with Gasteiger partial charge in [-0.15, -0.1) is 10.2 Å². The molecule has 160 valence electrons. The van der Waals surface area contributed by atoms with Gasteiger partial charge in [0.05, 0.1) is 16.2 Å². The van der Waals surface area contributed by atoms with E-state index in [9.17, 15) is 4.79 Å². The van der Waals surface area contributed by atoms with Gasteiger partial charge < -0.3 is 14.5 Å². The summed E-state index contributed by atoms with van der Waals surface area (Å²) in [6.45, 7) is 8.27. The van der Waals surface area contributed by atoms with Crippen molar-refractivity contribution < 1.29 is 0 Å². The number of benzene rings is 2. The van der Waals surface area contributed by atoms with Crippen molar-refractivity contribution in [3.05, 3.63) is 64.7 Å². The Balaban J connectivity index is 1.57. The molecule has 4 rings (SSSR count). The molecule has 4 aromatic rings. The van der Waals surface area contributed by atoms with E-state index in [-0.39, 0.29) is 10.8 Å². The molecule has 0 radical (unpaired) electrons. The van der Waals surface area contributed by atoms with Crippen LogP contribution in [0, 0.1) is 0 Å². The molecule has 0 amide bonds. The molecule has 2 heterocycles. The zero-order valence-corrected chi connectivity index (χ0v) is 19.0. The number of hydrogen-bond acceptors (Lipinski definition) is 6. The number of anilines is 1. The maximum absolute atomic E-state index is 12.4. The van der Waals surface area contributed by atoms with Crippen molar-refractivity contribution in [3.8, 4) is 11.4 Å². The molecule has 1 N–H and O–H groups in total. The number of rotatable bonds is 7. The predicted octanol–water partition coefficient (Wildman–Crippen LogP) is 4.42. The molecule has 2 aromatic heterocycles. The first-order valence-electron chi connectivity index (χ1n) is 10.4. The molecule has 0 fully saturated rings. The highest BCUT2D eigenvalue weighted by atomic mass is 32.2. The quantitative estimate of drug-likeness (QED) is 0.434. The summed E-state index contributed by atoms with van der Waals surface area (Å²) in [4.78, 5) is 22.2. The van der Waals surface area contributed by atoms with Crippen LogP contribution in [0.1, 0.15) is 31.8 Å². The summed E-state index contributed by atoms with van der Waals surface area (Å²) in [6.07, 6.45) is 0. The van der Waals surface area contributed by atoms with Crippen LogP contribution in [0.15, 0.2) is 58.5 Å². The van der Waals surface area contributed by atoms with E-state index in [1.807, 2.05) is 36.7 Å². The van der Waals surface area contributed by atoms with Crippen molar-refractivity contribution in [2.24, 2.45) is 7.05 Å². The Bertz CT molecular complexity index is 1240. The Morgan fingerprint density at radius 3 is 2.48 bits per heavy atom. The highest BCUT2D eigenvalue weighted by molar-refractivity contribution is 7.99. The van der Waals surface area contributed by atoms with Gasteiger partial charge in [-0.1, -0.05) is 23.9 Å². The van der Waals surface area contributed by atoms with Crippen LogP contribution in [-0.2, 0) is 7.05 Å². The van der Waals surface area contributed by atoms with Gasteiger partial charge in [-0.05, 0) is 57.2 Å². The summed E-state index contributed by atoms with van der Waals surface area (Å²) in [5.41, 5.74) is 2.79. The van der Waals surface area contributed by atoms with Crippen LogP contribution >= 0.6 is 11.8 Å². The van der Waals surface area contributed by atoms with Crippen LogP contribution in [-0.4, -0.2) is 37.8 Å². The average molecular weight is 435 g/mol.